The molecule has 4 nitrogen and oxygen atoms in total. The number of hydrogen-bond donors (Lipinski definition) is 1. The van der Waals surface area contributed by atoms with Gasteiger partial charge in [0.25, 0.3) is 0 Å². The summed E-state index contributed by atoms with van der Waals surface area (Å²) in [5.74, 6) is -0.115. The third-order valence-electron chi connectivity index (χ3n) is 4.53. The molecule has 1 heterocycles. The molecule has 0 spiro atoms. The lowest BCUT2D eigenvalue weighted by Crippen LogP contribution is -2.24. The highest BCUT2D eigenvalue weighted by Gasteiger charge is 2.10. The number of nitrogens with one attached hydrogen (secondary N) is 1. The van der Waals surface area contributed by atoms with Crippen molar-refractivity contribution in [3.63, 3.8) is 0 Å². The van der Waals surface area contributed by atoms with Crippen LogP contribution >= 0.6 is 11.6 Å². The Morgan fingerprint density at radius 2 is 1.97 bits per heavy atom. The highest BCUT2D eigenvalue weighted by molar-refractivity contribution is 6.31. The first kappa shape index (κ1) is 22.6. The maximum absolute atomic E-state index is 12.6. The van der Waals surface area contributed by atoms with Gasteiger partial charge in [0.05, 0.1) is 5.52 Å². The van der Waals surface area contributed by atoms with E-state index in [1.807, 2.05) is 64.1 Å². The lowest BCUT2D eigenvalue weighted by Gasteiger charge is -2.09. The molecule has 1 N–H and O–H groups in total. The van der Waals surface area contributed by atoms with Gasteiger partial charge in [-0.15, -0.1) is 0 Å². The van der Waals surface area contributed by atoms with E-state index in [0.717, 1.165) is 33.6 Å². The van der Waals surface area contributed by atoms with Gasteiger partial charge in [-0.1, -0.05) is 36.7 Å². The number of rotatable bonds is 7. The highest BCUT2D eigenvalue weighted by atomic mass is 35.5. The number of amides is 1. The highest BCUT2D eigenvalue weighted by Crippen LogP contribution is 2.16. The van der Waals surface area contributed by atoms with Crippen molar-refractivity contribution in [1.29, 1.82) is 0 Å². The van der Waals surface area contributed by atoms with Crippen LogP contribution in [0.25, 0.3) is 10.9 Å². The summed E-state index contributed by atoms with van der Waals surface area (Å²) in [4.78, 5) is 21.7. The minimum atomic E-state index is -0.115. The zero-order valence-corrected chi connectivity index (χ0v) is 18.5. The molecule has 0 unspecified atom stereocenters. The summed E-state index contributed by atoms with van der Waals surface area (Å²) >= 11 is 5.98. The van der Waals surface area contributed by atoms with Crippen molar-refractivity contribution in [2.24, 2.45) is 4.99 Å². The van der Waals surface area contributed by atoms with Gasteiger partial charge >= 0.3 is 0 Å². The molecule has 0 aliphatic rings. The second kappa shape index (κ2) is 10.7. The standard InChI is InChI=1S/C24H28ClN3O/c1-6-21(25)12-9-17(4)27-22(7-2)18(5)24(29)26-15-19-10-13-23-20(14-19)11-8-16(3)28-23/h6,8-14H,7,15H2,1-5H3,(H,26,29)/b12-9-,21-6+,22-18+,27-17+. The van der Waals surface area contributed by atoms with Gasteiger partial charge in [-0.2, -0.15) is 0 Å². The van der Waals surface area contributed by atoms with Crippen molar-refractivity contribution in [2.45, 2.75) is 47.6 Å². The van der Waals surface area contributed by atoms with Crippen LogP contribution < -0.4 is 5.32 Å². The topological polar surface area (TPSA) is 54.4 Å². The Morgan fingerprint density at radius 3 is 2.66 bits per heavy atom. The number of halogens is 1. The molecule has 0 bridgehead atoms. The summed E-state index contributed by atoms with van der Waals surface area (Å²) in [6, 6.07) is 10.1. The number of carbonyl (C=O) groups is 1. The number of aryl methyl sites for hydroxylation is 1. The van der Waals surface area contributed by atoms with Crippen LogP contribution in [0.3, 0.4) is 0 Å². The van der Waals surface area contributed by atoms with Gasteiger partial charge in [-0.05, 0) is 70.0 Å². The first-order chi connectivity index (χ1) is 13.8. The number of aromatic nitrogens is 1. The van der Waals surface area contributed by atoms with E-state index < -0.39 is 0 Å². The van der Waals surface area contributed by atoms with Crippen LogP contribution in [0.1, 0.15) is 45.4 Å². The zero-order chi connectivity index (χ0) is 21.4. The van der Waals surface area contributed by atoms with Gasteiger partial charge in [-0.25, -0.2) is 0 Å². The quantitative estimate of drug-likeness (QED) is 0.346. The predicted molar refractivity (Wildman–Crippen MR) is 123 cm³/mol. The Kier molecular flexibility index (Phi) is 8.34. The molecule has 0 radical (unpaired) electrons. The van der Waals surface area contributed by atoms with Crippen molar-refractivity contribution in [3.05, 3.63) is 76.1 Å². The summed E-state index contributed by atoms with van der Waals surface area (Å²) in [6.07, 6.45) is 6.11. The van der Waals surface area contributed by atoms with E-state index in [4.69, 9.17) is 11.6 Å². The summed E-state index contributed by atoms with van der Waals surface area (Å²) in [6.45, 7) is 9.99. The molecule has 0 saturated carbocycles. The van der Waals surface area contributed by atoms with Crippen LogP contribution in [-0.4, -0.2) is 16.6 Å². The second-order valence-electron chi connectivity index (χ2n) is 6.85. The number of carbonyl (C=O) groups excluding carboxylic acids is 1. The number of allylic oxidation sites excluding steroid dienone is 5. The molecule has 0 aliphatic carbocycles. The number of hydrogen-bond acceptors (Lipinski definition) is 3. The van der Waals surface area contributed by atoms with Gasteiger partial charge in [0, 0.05) is 39.6 Å². The number of nitrogens with zero attached hydrogens (tertiary/aromatic N) is 2. The van der Waals surface area contributed by atoms with E-state index >= 15 is 0 Å². The Balaban J connectivity index is 2.11. The number of benzene rings is 1. The van der Waals surface area contributed by atoms with Gasteiger partial charge < -0.3 is 5.32 Å². The lowest BCUT2D eigenvalue weighted by atomic mass is 10.1. The molecule has 1 aromatic heterocycles. The second-order valence-corrected chi connectivity index (χ2v) is 7.28. The smallest absolute Gasteiger partial charge is 0.249 e. The van der Waals surface area contributed by atoms with E-state index in [0.29, 0.717) is 23.6 Å². The summed E-state index contributed by atoms with van der Waals surface area (Å²) in [5, 5.41) is 4.70. The summed E-state index contributed by atoms with van der Waals surface area (Å²) in [5.41, 5.74) is 5.16. The number of aliphatic imine (C=N–C) groups is 1. The Bertz CT molecular complexity index is 1020. The van der Waals surface area contributed by atoms with E-state index in [-0.39, 0.29) is 5.91 Å². The third kappa shape index (κ3) is 6.68. The van der Waals surface area contributed by atoms with E-state index in [1.165, 1.54) is 0 Å². The average Bonchev–Trinajstić information content (AvgIpc) is 2.73. The molecular formula is C24H28ClN3O. The largest absolute Gasteiger partial charge is 0.348 e. The van der Waals surface area contributed by atoms with Crippen LogP contribution in [0.4, 0.5) is 0 Å². The van der Waals surface area contributed by atoms with Crippen molar-refractivity contribution < 1.29 is 4.79 Å². The first-order valence-corrected chi connectivity index (χ1v) is 10.1. The lowest BCUT2D eigenvalue weighted by molar-refractivity contribution is -0.117. The first-order valence-electron chi connectivity index (χ1n) is 9.73. The third-order valence-corrected chi connectivity index (χ3v) is 4.87. The number of pyridine rings is 1. The predicted octanol–water partition coefficient (Wildman–Crippen LogP) is 6.00. The monoisotopic (exact) mass is 409 g/mol. The van der Waals surface area contributed by atoms with Crippen molar-refractivity contribution in [1.82, 2.24) is 10.3 Å². The molecule has 2 rings (SSSR count). The van der Waals surface area contributed by atoms with Crippen molar-refractivity contribution in [2.75, 3.05) is 0 Å². The van der Waals surface area contributed by atoms with Gasteiger partial charge in [0.15, 0.2) is 0 Å². The molecule has 0 atom stereocenters. The van der Waals surface area contributed by atoms with Gasteiger partial charge in [-0.3, -0.25) is 14.8 Å². The maximum Gasteiger partial charge on any atom is 0.249 e. The molecule has 1 aromatic carbocycles. The normalized spacial score (nSPS) is 13.7. The van der Waals surface area contributed by atoms with Crippen LogP contribution in [0.15, 0.2) is 69.9 Å². The zero-order valence-electron chi connectivity index (χ0n) is 17.7. The molecule has 0 fully saturated rings. The fourth-order valence-corrected chi connectivity index (χ4v) is 2.87. The number of fused-ring (bicyclic) bond motifs is 1. The fraction of sp³-hybridized carbons (Fsp3) is 0.292. The summed E-state index contributed by atoms with van der Waals surface area (Å²) in [7, 11) is 0. The molecule has 29 heavy (non-hydrogen) atoms. The minimum Gasteiger partial charge on any atom is -0.348 e. The maximum atomic E-state index is 12.6. The van der Waals surface area contributed by atoms with Crippen LogP contribution in [0.2, 0.25) is 0 Å². The van der Waals surface area contributed by atoms with E-state index in [9.17, 15) is 4.79 Å². The minimum absolute atomic E-state index is 0.115. The SMILES string of the molecule is C\C=C(Cl)/C=C\C(C)=N\C(CC)=C(/C)C(=O)NCc1ccc2nc(C)ccc2c1. The molecule has 152 valence electrons. The summed E-state index contributed by atoms with van der Waals surface area (Å²) < 4.78 is 0. The molecular weight excluding hydrogens is 382 g/mol. The van der Waals surface area contributed by atoms with Crippen molar-refractivity contribution in [3.8, 4) is 0 Å². The van der Waals surface area contributed by atoms with Crippen LogP contribution in [-0.2, 0) is 11.3 Å². The average molecular weight is 410 g/mol. The van der Waals surface area contributed by atoms with Gasteiger partial charge in [0.1, 0.15) is 0 Å². The molecule has 0 saturated heterocycles. The molecule has 1 amide bonds. The molecule has 5 heteroatoms. The van der Waals surface area contributed by atoms with E-state index in [1.54, 1.807) is 13.0 Å². The van der Waals surface area contributed by atoms with Crippen molar-refractivity contribution >= 4 is 34.1 Å². The van der Waals surface area contributed by atoms with Crippen LogP contribution in [0.5, 0.6) is 0 Å². The fourth-order valence-electron chi connectivity index (χ4n) is 2.81. The molecule has 0 aliphatic heterocycles. The van der Waals surface area contributed by atoms with Gasteiger partial charge in [0.2, 0.25) is 5.91 Å². The molecule has 2 aromatic rings. The Hall–Kier alpha value is -2.72. The Morgan fingerprint density at radius 1 is 1.21 bits per heavy atom. The van der Waals surface area contributed by atoms with E-state index in [2.05, 4.69) is 21.4 Å². The van der Waals surface area contributed by atoms with Crippen LogP contribution in [0, 0.1) is 6.92 Å². The Labute approximate surface area is 178 Å².